The van der Waals surface area contributed by atoms with Crippen molar-refractivity contribution in [2.45, 2.75) is 11.8 Å². The maximum absolute atomic E-state index is 11.9. The minimum absolute atomic E-state index is 0.167. The molecule has 3 aromatic rings. The molecule has 2 heterocycles. The van der Waals surface area contributed by atoms with Crippen molar-refractivity contribution in [2.75, 3.05) is 36.0 Å². The fourth-order valence-electron chi connectivity index (χ4n) is 3.50. The lowest BCUT2D eigenvalue weighted by molar-refractivity contribution is 0.595. The number of aryl methyl sites for hydroxylation is 1. The summed E-state index contributed by atoms with van der Waals surface area (Å²) >= 11 is 0. The molecular weight excluding hydrogens is 362 g/mol. The van der Waals surface area contributed by atoms with Crippen LogP contribution in [-0.4, -0.2) is 44.6 Å². The molecule has 0 bridgehead atoms. The van der Waals surface area contributed by atoms with Gasteiger partial charge in [-0.15, -0.1) is 0 Å². The SMILES string of the molecule is Cc1nc2ccccc2nc1N1CCN(c2ccccc2S(N)(=O)=O)CC1. The first-order valence-corrected chi connectivity index (χ1v) is 10.3. The first-order valence-electron chi connectivity index (χ1n) is 8.78. The molecule has 0 saturated carbocycles. The van der Waals surface area contributed by atoms with Crippen LogP contribution in [0.2, 0.25) is 0 Å². The molecule has 1 aromatic heterocycles. The summed E-state index contributed by atoms with van der Waals surface area (Å²) in [6.07, 6.45) is 0. The van der Waals surface area contributed by atoms with Gasteiger partial charge >= 0.3 is 0 Å². The third-order valence-electron chi connectivity index (χ3n) is 4.81. The number of nitrogens with two attached hydrogens (primary N) is 1. The van der Waals surface area contributed by atoms with Crippen molar-refractivity contribution in [2.24, 2.45) is 5.14 Å². The summed E-state index contributed by atoms with van der Waals surface area (Å²) in [5.74, 6) is 0.882. The van der Waals surface area contributed by atoms with Crippen molar-refractivity contribution in [3.63, 3.8) is 0 Å². The molecule has 4 rings (SSSR count). The maximum Gasteiger partial charge on any atom is 0.240 e. The first-order chi connectivity index (χ1) is 12.9. The number of anilines is 2. The van der Waals surface area contributed by atoms with Gasteiger partial charge in [0.05, 0.1) is 22.4 Å². The Hall–Kier alpha value is -2.71. The molecule has 1 aliphatic rings. The summed E-state index contributed by atoms with van der Waals surface area (Å²) in [6, 6.07) is 14.7. The molecule has 0 aliphatic carbocycles. The third-order valence-corrected chi connectivity index (χ3v) is 5.77. The Kier molecular flexibility index (Phi) is 4.45. The topological polar surface area (TPSA) is 92.4 Å². The Labute approximate surface area is 158 Å². The lowest BCUT2D eigenvalue weighted by atomic mass is 10.2. The van der Waals surface area contributed by atoms with Crippen LogP contribution in [0.25, 0.3) is 11.0 Å². The summed E-state index contributed by atoms with van der Waals surface area (Å²) in [5.41, 5.74) is 3.31. The minimum atomic E-state index is -3.76. The highest BCUT2D eigenvalue weighted by Crippen LogP contribution is 2.27. The Balaban J connectivity index is 1.58. The van der Waals surface area contributed by atoms with Gasteiger partial charge < -0.3 is 9.80 Å². The molecule has 0 radical (unpaired) electrons. The Morgan fingerprint density at radius 2 is 1.41 bits per heavy atom. The number of para-hydroxylation sites is 3. The number of primary sulfonamides is 1. The van der Waals surface area contributed by atoms with E-state index in [1.165, 1.54) is 0 Å². The number of hydrogen-bond acceptors (Lipinski definition) is 6. The second-order valence-electron chi connectivity index (χ2n) is 6.61. The van der Waals surface area contributed by atoms with Crippen molar-refractivity contribution in [3.05, 3.63) is 54.2 Å². The average molecular weight is 383 g/mol. The van der Waals surface area contributed by atoms with E-state index in [4.69, 9.17) is 10.1 Å². The molecule has 1 fully saturated rings. The molecule has 0 spiro atoms. The van der Waals surface area contributed by atoms with Gasteiger partial charge in [0.25, 0.3) is 0 Å². The van der Waals surface area contributed by atoms with Crippen molar-refractivity contribution < 1.29 is 8.42 Å². The molecule has 2 N–H and O–H groups in total. The average Bonchev–Trinajstić information content (AvgIpc) is 2.67. The summed E-state index contributed by atoms with van der Waals surface area (Å²) in [6.45, 7) is 4.79. The van der Waals surface area contributed by atoms with E-state index in [2.05, 4.69) is 14.8 Å². The lowest BCUT2D eigenvalue weighted by Gasteiger charge is -2.37. The fraction of sp³-hybridized carbons (Fsp3) is 0.263. The fourth-order valence-corrected chi connectivity index (χ4v) is 4.25. The monoisotopic (exact) mass is 383 g/mol. The van der Waals surface area contributed by atoms with Crippen LogP contribution in [0.15, 0.2) is 53.4 Å². The van der Waals surface area contributed by atoms with Gasteiger partial charge in [-0.25, -0.2) is 23.5 Å². The van der Waals surface area contributed by atoms with E-state index in [-0.39, 0.29) is 4.90 Å². The highest BCUT2D eigenvalue weighted by molar-refractivity contribution is 7.89. The number of rotatable bonds is 3. The van der Waals surface area contributed by atoms with E-state index in [9.17, 15) is 8.42 Å². The summed E-state index contributed by atoms with van der Waals surface area (Å²) in [7, 11) is -3.76. The van der Waals surface area contributed by atoms with Gasteiger partial charge in [-0.3, -0.25) is 0 Å². The van der Waals surface area contributed by atoms with Gasteiger partial charge in [-0.2, -0.15) is 0 Å². The lowest BCUT2D eigenvalue weighted by Crippen LogP contribution is -2.47. The zero-order chi connectivity index (χ0) is 19.0. The summed E-state index contributed by atoms with van der Waals surface area (Å²) in [5, 5.41) is 5.37. The zero-order valence-corrected chi connectivity index (χ0v) is 15.9. The van der Waals surface area contributed by atoms with Crippen molar-refractivity contribution in [1.82, 2.24) is 9.97 Å². The Morgan fingerprint density at radius 1 is 0.852 bits per heavy atom. The first kappa shape index (κ1) is 17.7. The molecule has 0 amide bonds. The predicted octanol–water partition coefficient (Wildman–Crippen LogP) is 1.91. The molecule has 2 aromatic carbocycles. The van der Waals surface area contributed by atoms with Gasteiger partial charge in [0, 0.05) is 26.2 Å². The van der Waals surface area contributed by atoms with Crippen LogP contribution in [0.3, 0.4) is 0 Å². The third kappa shape index (κ3) is 3.45. The molecule has 8 heteroatoms. The Bertz CT molecular complexity index is 1090. The molecule has 1 saturated heterocycles. The normalized spacial score (nSPS) is 15.3. The number of fused-ring (bicyclic) bond motifs is 1. The zero-order valence-electron chi connectivity index (χ0n) is 15.0. The predicted molar refractivity (Wildman–Crippen MR) is 107 cm³/mol. The van der Waals surface area contributed by atoms with Crippen LogP contribution in [0.1, 0.15) is 5.69 Å². The number of nitrogens with zero attached hydrogens (tertiary/aromatic N) is 4. The van der Waals surface area contributed by atoms with E-state index in [1.807, 2.05) is 37.3 Å². The van der Waals surface area contributed by atoms with Crippen LogP contribution in [0.5, 0.6) is 0 Å². The second kappa shape index (κ2) is 6.79. The number of aromatic nitrogens is 2. The van der Waals surface area contributed by atoms with E-state index in [1.54, 1.807) is 18.2 Å². The standard InChI is InChI=1S/C19H21N5O2S/c1-14-19(22-16-7-3-2-6-15(16)21-14)24-12-10-23(11-13-24)17-8-4-5-9-18(17)27(20,25)26/h2-9H,10-13H2,1H3,(H2,20,25,26). The van der Waals surface area contributed by atoms with E-state index in [0.717, 1.165) is 35.6 Å². The largest absolute Gasteiger partial charge is 0.367 e. The van der Waals surface area contributed by atoms with Crippen molar-refractivity contribution >= 4 is 32.6 Å². The molecule has 140 valence electrons. The van der Waals surface area contributed by atoms with Crippen LogP contribution in [-0.2, 0) is 10.0 Å². The molecule has 27 heavy (non-hydrogen) atoms. The van der Waals surface area contributed by atoms with Crippen molar-refractivity contribution in [1.29, 1.82) is 0 Å². The van der Waals surface area contributed by atoms with Crippen LogP contribution in [0.4, 0.5) is 11.5 Å². The van der Waals surface area contributed by atoms with Crippen molar-refractivity contribution in [3.8, 4) is 0 Å². The quantitative estimate of drug-likeness (QED) is 0.743. The molecule has 0 unspecified atom stereocenters. The van der Waals surface area contributed by atoms with Gasteiger partial charge in [-0.1, -0.05) is 24.3 Å². The second-order valence-corrected chi connectivity index (χ2v) is 8.14. The highest BCUT2D eigenvalue weighted by atomic mass is 32.2. The number of hydrogen-bond donors (Lipinski definition) is 1. The Morgan fingerprint density at radius 3 is 2.07 bits per heavy atom. The van der Waals surface area contributed by atoms with Gasteiger partial charge in [0.1, 0.15) is 4.90 Å². The van der Waals surface area contributed by atoms with Crippen LogP contribution < -0.4 is 14.9 Å². The maximum atomic E-state index is 11.9. The summed E-state index contributed by atoms with van der Waals surface area (Å²) < 4.78 is 23.7. The summed E-state index contributed by atoms with van der Waals surface area (Å²) in [4.78, 5) is 13.9. The van der Waals surface area contributed by atoms with E-state index >= 15 is 0 Å². The highest BCUT2D eigenvalue weighted by Gasteiger charge is 2.24. The number of benzene rings is 2. The molecular formula is C19H21N5O2S. The van der Waals surface area contributed by atoms with Crippen LogP contribution >= 0.6 is 0 Å². The number of sulfonamides is 1. The molecule has 7 nitrogen and oxygen atoms in total. The van der Waals surface area contributed by atoms with E-state index < -0.39 is 10.0 Å². The smallest absolute Gasteiger partial charge is 0.240 e. The number of piperazine rings is 1. The molecule has 1 aliphatic heterocycles. The van der Waals surface area contributed by atoms with E-state index in [0.29, 0.717) is 18.8 Å². The van der Waals surface area contributed by atoms with Crippen LogP contribution in [0, 0.1) is 6.92 Å². The van der Waals surface area contributed by atoms with Gasteiger partial charge in [0.15, 0.2) is 5.82 Å². The minimum Gasteiger partial charge on any atom is -0.367 e. The molecule has 0 atom stereocenters. The van der Waals surface area contributed by atoms with Gasteiger partial charge in [-0.05, 0) is 31.2 Å². The van der Waals surface area contributed by atoms with Gasteiger partial charge in [0.2, 0.25) is 10.0 Å².